The van der Waals surface area contributed by atoms with E-state index >= 15 is 0 Å². The maximum Gasteiger partial charge on any atom is 0.255 e. The number of carbonyl (C=O) groups is 3. The number of hydrogen-bond donors (Lipinski definition) is 6. The van der Waals surface area contributed by atoms with Crippen LogP contribution in [0.2, 0.25) is 0 Å². The number of hydrogen-bond acceptors (Lipinski definition) is 9. The molecule has 7 N–H and O–H groups in total. The summed E-state index contributed by atoms with van der Waals surface area (Å²) in [5.41, 5.74) is 3.78. The van der Waals surface area contributed by atoms with E-state index in [0.717, 1.165) is 5.69 Å². The minimum atomic E-state index is -2.56. The molecule has 1 fully saturated rings. The number of primary amides is 1. The number of rotatable bonds is 6. The SMILES string of the molecule is C.CC(C)CNCc1cc(N(C)C)c2c(c1O)C(O)=C1C(=O)[C@]3(O)C(O)=C(C(N)=O)C(=O)C[C@@H]3C[C@@H]1C2. The third-order valence-electron chi connectivity index (χ3n) is 7.47. The summed E-state index contributed by atoms with van der Waals surface area (Å²) in [6, 6.07) is 1.85. The molecule has 1 aromatic rings. The van der Waals surface area contributed by atoms with Crippen molar-refractivity contribution in [3.63, 3.8) is 0 Å². The van der Waals surface area contributed by atoms with Crippen molar-refractivity contribution in [3.8, 4) is 5.75 Å². The number of carbonyl (C=O) groups excluding carboxylic acids is 3. The van der Waals surface area contributed by atoms with E-state index in [1.165, 1.54) is 0 Å². The number of phenolic OH excluding ortho intramolecular Hbond substituents is 1. The lowest BCUT2D eigenvalue weighted by atomic mass is 9.59. The Bertz CT molecular complexity index is 1230. The smallest absolute Gasteiger partial charge is 0.255 e. The number of anilines is 1. The van der Waals surface area contributed by atoms with Crippen molar-refractivity contribution < 1.29 is 34.8 Å². The average molecular weight is 516 g/mol. The second kappa shape index (κ2) is 9.83. The molecular weight excluding hydrogens is 478 g/mol. The molecule has 3 atom stereocenters. The highest BCUT2D eigenvalue weighted by atomic mass is 16.3. The monoisotopic (exact) mass is 515 g/mol. The van der Waals surface area contributed by atoms with Crippen molar-refractivity contribution in [2.75, 3.05) is 25.5 Å². The average Bonchev–Trinajstić information content (AvgIpc) is 2.77. The van der Waals surface area contributed by atoms with Gasteiger partial charge in [-0.2, -0.15) is 0 Å². The van der Waals surface area contributed by atoms with Crippen LogP contribution in [-0.2, 0) is 27.3 Å². The molecule has 10 heteroatoms. The zero-order valence-corrected chi connectivity index (χ0v) is 20.9. The van der Waals surface area contributed by atoms with Crippen LogP contribution in [-0.4, -0.2) is 64.1 Å². The first-order valence-electron chi connectivity index (χ1n) is 12.0. The van der Waals surface area contributed by atoms with Crippen molar-refractivity contribution in [2.45, 2.75) is 52.7 Å². The predicted octanol–water partition coefficient (Wildman–Crippen LogP) is 1.87. The Morgan fingerprint density at radius 2 is 1.86 bits per heavy atom. The van der Waals surface area contributed by atoms with E-state index in [1.54, 1.807) is 0 Å². The lowest BCUT2D eigenvalue weighted by molar-refractivity contribution is -0.147. The molecular formula is C27H37N3O7. The van der Waals surface area contributed by atoms with Gasteiger partial charge in [0.2, 0.25) is 5.78 Å². The van der Waals surface area contributed by atoms with E-state index in [2.05, 4.69) is 19.2 Å². The number of nitrogens with one attached hydrogen (secondary N) is 1. The maximum atomic E-state index is 13.7. The van der Waals surface area contributed by atoms with E-state index in [1.807, 2.05) is 25.1 Å². The Labute approximate surface area is 216 Å². The Balaban J connectivity index is 0.00000380. The third kappa shape index (κ3) is 4.27. The van der Waals surface area contributed by atoms with Gasteiger partial charge in [-0.1, -0.05) is 21.3 Å². The molecule has 1 amide bonds. The Morgan fingerprint density at radius 3 is 2.43 bits per heavy atom. The molecule has 0 saturated heterocycles. The van der Waals surface area contributed by atoms with Crippen LogP contribution in [0.15, 0.2) is 23.0 Å². The number of benzene rings is 1. The molecule has 0 aromatic heterocycles. The molecule has 0 aliphatic heterocycles. The number of phenols is 1. The van der Waals surface area contributed by atoms with Gasteiger partial charge in [0.05, 0.1) is 5.56 Å². The third-order valence-corrected chi connectivity index (χ3v) is 7.47. The molecule has 3 aliphatic carbocycles. The fraction of sp³-hybridized carbons (Fsp3) is 0.519. The first-order chi connectivity index (χ1) is 16.8. The zero-order valence-electron chi connectivity index (χ0n) is 20.9. The molecule has 10 nitrogen and oxygen atoms in total. The van der Waals surface area contributed by atoms with Gasteiger partial charge >= 0.3 is 0 Å². The van der Waals surface area contributed by atoms with Crippen LogP contribution >= 0.6 is 0 Å². The van der Waals surface area contributed by atoms with Crippen LogP contribution in [0.1, 0.15) is 50.8 Å². The first kappa shape index (κ1) is 28.2. The Kier molecular flexibility index (Phi) is 7.49. The number of aliphatic hydroxyl groups excluding tert-OH is 2. The normalized spacial score (nSPS) is 24.9. The van der Waals surface area contributed by atoms with Gasteiger partial charge in [-0.3, -0.25) is 14.4 Å². The minimum Gasteiger partial charge on any atom is -0.508 e. The number of aromatic hydroxyl groups is 1. The highest BCUT2D eigenvalue weighted by Gasteiger charge is 2.60. The molecule has 1 aromatic carbocycles. The molecule has 1 saturated carbocycles. The molecule has 37 heavy (non-hydrogen) atoms. The maximum absolute atomic E-state index is 13.7. The van der Waals surface area contributed by atoms with Crippen molar-refractivity contribution in [2.24, 2.45) is 23.5 Å². The number of fused-ring (bicyclic) bond motifs is 3. The number of ketones is 2. The molecule has 0 spiro atoms. The summed E-state index contributed by atoms with van der Waals surface area (Å²) in [6.07, 6.45) is 0.0393. The van der Waals surface area contributed by atoms with Gasteiger partial charge < -0.3 is 36.4 Å². The van der Waals surface area contributed by atoms with Crippen LogP contribution in [0.5, 0.6) is 5.75 Å². The van der Waals surface area contributed by atoms with Crippen molar-refractivity contribution in [1.29, 1.82) is 0 Å². The van der Waals surface area contributed by atoms with Gasteiger partial charge in [0, 0.05) is 49.8 Å². The van der Waals surface area contributed by atoms with Crippen molar-refractivity contribution in [1.82, 2.24) is 5.32 Å². The predicted molar refractivity (Wildman–Crippen MR) is 139 cm³/mol. The van der Waals surface area contributed by atoms with E-state index in [4.69, 9.17) is 5.73 Å². The standard InChI is InChI=1S/C26H33N3O7.CH4/c1-11(2)9-28-10-13-7-16(29(3)4)15-6-12-5-14-8-17(30)20(25(27)35)24(34)26(14,36)23(33)18(12)22(32)19(15)21(13)31;/h7,11-12,14,28,31-32,34,36H,5-6,8-10H2,1-4H3,(H2,27,35);1H4/t12-,14+,26+;/m1./s1. The Hall–Kier alpha value is -3.37. The summed E-state index contributed by atoms with van der Waals surface area (Å²) in [4.78, 5) is 39.8. The quantitative estimate of drug-likeness (QED) is 0.309. The van der Waals surface area contributed by atoms with Crippen LogP contribution in [0, 0.1) is 17.8 Å². The largest absolute Gasteiger partial charge is 0.508 e. The minimum absolute atomic E-state index is 0. The van der Waals surface area contributed by atoms with E-state index in [9.17, 15) is 34.8 Å². The van der Waals surface area contributed by atoms with Gasteiger partial charge in [-0.15, -0.1) is 0 Å². The molecule has 0 heterocycles. The van der Waals surface area contributed by atoms with Gasteiger partial charge in [-0.05, 0) is 42.9 Å². The summed E-state index contributed by atoms with van der Waals surface area (Å²) >= 11 is 0. The second-order valence-corrected chi connectivity index (χ2v) is 10.6. The van der Waals surface area contributed by atoms with Crippen LogP contribution in [0.4, 0.5) is 5.69 Å². The summed E-state index contributed by atoms with van der Waals surface area (Å²) < 4.78 is 0. The second-order valence-electron chi connectivity index (χ2n) is 10.6. The molecule has 0 radical (unpaired) electrons. The van der Waals surface area contributed by atoms with Crippen molar-refractivity contribution >= 4 is 28.9 Å². The Morgan fingerprint density at radius 1 is 1.22 bits per heavy atom. The molecule has 0 bridgehead atoms. The van der Waals surface area contributed by atoms with Crippen LogP contribution in [0.3, 0.4) is 0 Å². The number of aliphatic hydroxyl groups is 3. The number of amides is 1. The number of Topliss-reactive ketones (excluding diaryl/α,β-unsaturated/α-hetero) is 2. The van der Waals surface area contributed by atoms with Crippen LogP contribution < -0.4 is 16.0 Å². The van der Waals surface area contributed by atoms with Crippen molar-refractivity contribution in [3.05, 3.63) is 39.7 Å². The topological polar surface area (TPSA) is 173 Å². The number of nitrogens with two attached hydrogens (primary N) is 1. The van der Waals surface area contributed by atoms with E-state index < -0.39 is 52.0 Å². The fourth-order valence-corrected chi connectivity index (χ4v) is 5.75. The van der Waals surface area contributed by atoms with Gasteiger partial charge in [0.15, 0.2) is 11.4 Å². The highest BCUT2D eigenvalue weighted by molar-refractivity contribution is 6.22. The van der Waals surface area contributed by atoms with E-state index in [-0.39, 0.29) is 43.6 Å². The summed E-state index contributed by atoms with van der Waals surface area (Å²) in [5, 5.41) is 47.8. The van der Waals surface area contributed by atoms with Gasteiger partial charge in [0.25, 0.3) is 5.91 Å². The lowest BCUT2D eigenvalue weighted by Crippen LogP contribution is -2.58. The molecule has 4 rings (SSSR count). The zero-order chi connectivity index (χ0) is 26.7. The number of nitrogens with zero attached hydrogens (tertiary/aromatic N) is 1. The summed E-state index contributed by atoms with van der Waals surface area (Å²) in [7, 11) is 3.68. The lowest BCUT2D eigenvalue weighted by Gasteiger charge is -2.46. The molecule has 0 unspecified atom stereocenters. The molecule has 3 aliphatic rings. The van der Waals surface area contributed by atoms with Gasteiger partial charge in [-0.25, -0.2) is 0 Å². The highest BCUT2D eigenvalue weighted by Crippen LogP contribution is 2.53. The molecule has 202 valence electrons. The van der Waals surface area contributed by atoms with Crippen LogP contribution in [0.25, 0.3) is 5.76 Å². The van der Waals surface area contributed by atoms with Gasteiger partial charge in [0.1, 0.15) is 22.8 Å². The summed E-state index contributed by atoms with van der Waals surface area (Å²) in [6.45, 7) is 5.15. The first-order valence-corrected chi connectivity index (χ1v) is 12.0. The fourth-order valence-electron chi connectivity index (χ4n) is 5.75. The van der Waals surface area contributed by atoms with E-state index in [0.29, 0.717) is 30.1 Å². The summed E-state index contributed by atoms with van der Waals surface area (Å²) in [5.74, 6) is -5.85.